The number of amides is 2. The molecule has 2 saturated heterocycles. The Hall–Kier alpha value is -2.38. The summed E-state index contributed by atoms with van der Waals surface area (Å²) in [5, 5.41) is 0. The lowest BCUT2D eigenvalue weighted by Crippen LogP contribution is -2.55. The van der Waals surface area contributed by atoms with Crippen molar-refractivity contribution in [3.05, 3.63) is 33.1 Å². The summed E-state index contributed by atoms with van der Waals surface area (Å²) in [5.74, 6) is 0.0950. The molecule has 8 heteroatoms. The number of hydrogen-bond acceptors (Lipinski definition) is 4. The summed E-state index contributed by atoms with van der Waals surface area (Å²) in [6.07, 6.45) is 6.69. The van der Waals surface area contributed by atoms with Crippen molar-refractivity contribution in [2.24, 2.45) is 5.41 Å². The Morgan fingerprint density at radius 1 is 1.22 bits per heavy atom. The quantitative estimate of drug-likeness (QED) is 0.813. The number of aromatic amines is 1. The minimum atomic E-state index is -0.573. The van der Waals surface area contributed by atoms with Crippen LogP contribution in [0.4, 0.5) is 0 Å². The molecule has 2 amide bonds. The maximum atomic E-state index is 12.7. The summed E-state index contributed by atoms with van der Waals surface area (Å²) in [5.41, 5.74) is -1.08. The van der Waals surface area contributed by atoms with E-state index in [4.69, 9.17) is 0 Å². The van der Waals surface area contributed by atoms with Crippen LogP contribution in [-0.2, 0) is 16.1 Å². The van der Waals surface area contributed by atoms with Gasteiger partial charge in [0.15, 0.2) is 0 Å². The molecular weight excluding hydrogens is 348 g/mol. The molecule has 2 aliphatic rings. The van der Waals surface area contributed by atoms with Gasteiger partial charge in [0.05, 0.1) is 0 Å². The lowest BCUT2D eigenvalue weighted by atomic mass is 9.73. The Bertz CT molecular complexity index is 814. The van der Waals surface area contributed by atoms with E-state index in [1.54, 1.807) is 0 Å². The van der Waals surface area contributed by atoms with E-state index in [0.717, 1.165) is 38.6 Å². The molecule has 3 heterocycles. The minimum absolute atomic E-state index is 0.0362. The van der Waals surface area contributed by atoms with Crippen LogP contribution in [0.15, 0.2) is 21.9 Å². The number of aromatic nitrogens is 2. The Morgan fingerprint density at radius 3 is 2.78 bits per heavy atom. The molecule has 1 unspecified atom stereocenters. The second kappa shape index (κ2) is 8.10. The van der Waals surface area contributed by atoms with E-state index in [9.17, 15) is 19.2 Å². The Kier molecular flexibility index (Phi) is 5.82. The first kappa shape index (κ1) is 19.4. The number of nitrogens with zero attached hydrogens (tertiary/aromatic N) is 3. The molecule has 27 heavy (non-hydrogen) atoms. The zero-order chi connectivity index (χ0) is 19.4. The third-order valence-corrected chi connectivity index (χ3v) is 5.75. The number of carbonyl (C=O) groups excluding carboxylic acids is 2. The molecule has 0 bridgehead atoms. The summed E-state index contributed by atoms with van der Waals surface area (Å²) in [7, 11) is 0. The van der Waals surface area contributed by atoms with E-state index in [-0.39, 0.29) is 23.8 Å². The van der Waals surface area contributed by atoms with Gasteiger partial charge in [0, 0.05) is 50.3 Å². The summed E-state index contributed by atoms with van der Waals surface area (Å²) < 4.78 is 1.23. The highest BCUT2D eigenvalue weighted by molar-refractivity contribution is 5.78. The molecule has 2 aliphatic heterocycles. The summed E-state index contributed by atoms with van der Waals surface area (Å²) in [4.78, 5) is 53.9. The lowest BCUT2D eigenvalue weighted by molar-refractivity contribution is -0.143. The molecule has 2 fully saturated rings. The number of nitrogens with one attached hydrogen (secondary N) is 1. The number of unbranched alkanes of at least 4 members (excludes halogenated alkanes) is 1. The Morgan fingerprint density at radius 2 is 2.04 bits per heavy atom. The van der Waals surface area contributed by atoms with Gasteiger partial charge in [-0.1, -0.05) is 13.3 Å². The third kappa shape index (κ3) is 4.48. The fourth-order valence-electron chi connectivity index (χ4n) is 4.22. The molecule has 1 N–H and O–H groups in total. The van der Waals surface area contributed by atoms with Gasteiger partial charge in [-0.25, -0.2) is 4.79 Å². The first-order valence-corrected chi connectivity index (χ1v) is 9.78. The van der Waals surface area contributed by atoms with E-state index in [1.807, 2.05) is 9.80 Å². The summed E-state index contributed by atoms with van der Waals surface area (Å²) in [6.45, 7) is 4.83. The van der Waals surface area contributed by atoms with Crippen LogP contribution in [-0.4, -0.2) is 57.3 Å². The predicted octanol–water partition coefficient (Wildman–Crippen LogP) is 0.568. The third-order valence-electron chi connectivity index (χ3n) is 5.75. The van der Waals surface area contributed by atoms with Crippen LogP contribution >= 0.6 is 0 Å². The number of likely N-dealkylation sites (tertiary alicyclic amines) is 2. The van der Waals surface area contributed by atoms with E-state index >= 15 is 0 Å². The second-order valence-corrected chi connectivity index (χ2v) is 7.83. The topological polar surface area (TPSA) is 95.5 Å². The molecule has 0 saturated carbocycles. The van der Waals surface area contributed by atoms with Crippen molar-refractivity contribution in [2.75, 3.05) is 26.2 Å². The maximum Gasteiger partial charge on any atom is 0.328 e. The molecule has 3 rings (SSSR count). The molecule has 0 radical (unpaired) electrons. The van der Waals surface area contributed by atoms with Gasteiger partial charge in [0.25, 0.3) is 5.56 Å². The van der Waals surface area contributed by atoms with Crippen molar-refractivity contribution >= 4 is 11.8 Å². The predicted molar refractivity (Wildman–Crippen MR) is 100 cm³/mol. The highest BCUT2D eigenvalue weighted by atomic mass is 16.2. The van der Waals surface area contributed by atoms with Crippen LogP contribution in [0, 0.1) is 5.41 Å². The average molecular weight is 376 g/mol. The Labute approximate surface area is 158 Å². The standard InChI is InChI=1S/C19H28N4O4/c1-2-3-9-22-13-19(8-5-16(22)25)7-4-10-23(14-19)17(26)12-21-11-6-15(24)20-18(21)27/h6,11H,2-5,7-10,12-14H2,1H3,(H,20,24,27). The van der Waals surface area contributed by atoms with Crippen molar-refractivity contribution < 1.29 is 9.59 Å². The number of H-pyrrole nitrogens is 1. The number of rotatable bonds is 5. The molecule has 8 nitrogen and oxygen atoms in total. The van der Waals surface area contributed by atoms with E-state index in [2.05, 4.69) is 11.9 Å². The molecule has 1 aromatic heterocycles. The molecule has 0 aliphatic carbocycles. The highest BCUT2D eigenvalue weighted by Gasteiger charge is 2.42. The van der Waals surface area contributed by atoms with Gasteiger partial charge in [-0.15, -0.1) is 0 Å². The van der Waals surface area contributed by atoms with Gasteiger partial charge in [-0.05, 0) is 25.7 Å². The molecule has 1 aromatic rings. The van der Waals surface area contributed by atoms with Crippen LogP contribution in [0.5, 0.6) is 0 Å². The fourth-order valence-corrected chi connectivity index (χ4v) is 4.22. The smallest absolute Gasteiger partial charge is 0.328 e. The maximum absolute atomic E-state index is 12.7. The summed E-state index contributed by atoms with van der Waals surface area (Å²) >= 11 is 0. The van der Waals surface area contributed by atoms with E-state index < -0.39 is 11.2 Å². The second-order valence-electron chi connectivity index (χ2n) is 7.83. The van der Waals surface area contributed by atoms with Crippen LogP contribution < -0.4 is 11.2 Å². The normalized spacial score (nSPS) is 23.1. The van der Waals surface area contributed by atoms with Gasteiger partial charge in [0.2, 0.25) is 11.8 Å². The molecule has 1 spiro atoms. The first-order valence-electron chi connectivity index (χ1n) is 9.78. The van der Waals surface area contributed by atoms with Gasteiger partial charge >= 0.3 is 5.69 Å². The van der Waals surface area contributed by atoms with Crippen molar-refractivity contribution in [1.29, 1.82) is 0 Å². The molecule has 148 valence electrons. The average Bonchev–Trinajstić information content (AvgIpc) is 2.65. The van der Waals surface area contributed by atoms with Crippen LogP contribution in [0.25, 0.3) is 0 Å². The SMILES string of the molecule is CCCCN1CC2(CCCN(C(=O)Cn3ccc(=O)[nH]c3=O)C2)CCC1=O. The van der Waals surface area contributed by atoms with Crippen LogP contribution in [0.3, 0.4) is 0 Å². The zero-order valence-electron chi connectivity index (χ0n) is 15.9. The number of hydrogen-bond donors (Lipinski definition) is 1. The number of carbonyl (C=O) groups is 2. The van der Waals surface area contributed by atoms with Crippen molar-refractivity contribution in [3.63, 3.8) is 0 Å². The minimum Gasteiger partial charge on any atom is -0.342 e. The molecular formula is C19H28N4O4. The van der Waals surface area contributed by atoms with E-state index in [1.165, 1.54) is 16.8 Å². The Balaban J connectivity index is 1.67. The first-order chi connectivity index (χ1) is 12.9. The van der Waals surface area contributed by atoms with E-state index in [0.29, 0.717) is 26.1 Å². The van der Waals surface area contributed by atoms with Crippen LogP contribution in [0.2, 0.25) is 0 Å². The highest BCUT2D eigenvalue weighted by Crippen LogP contribution is 2.39. The largest absolute Gasteiger partial charge is 0.342 e. The van der Waals surface area contributed by atoms with Crippen molar-refractivity contribution in [3.8, 4) is 0 Å². The van der Waals surface area contributed by atoms with Crippen LogP contribution in [0.1, 0.15) is 45.4 Å². The zero-order valence-corrected chi connectivity index (χ0v) is 15.9. The fraction of sp³-hybridized carbons (Fsp3) is 0.684. The molecule has 1 atom stereocenters. The van der Waals surface area contributed by atoms with Gasteiger partial charge in [-0.3, -0.25) is 23.9 Å². The summed E-state index contributed by atoms with van der Waals surface area (Å²) in [6, 6.07) is 1.24. The van der Waals surface area contributed by atoms with Gasteiger partial charge in [-0.2, -0.15) is 0 Å². The lowest BCUT2D eigenvalue weighted by Gasteiger charge is -2.48. The van der Waals surface area contributed by atoms with Crippen molar-refractivity contribution in [1.82, 2.24) is 19.4 Å². The van der Waals surface area contributed by atoms with Gasteiger partial charge in [0.1, 0.15) is 6.54 Å². The van der Waals surface area contributed by atoms with Crippen molar-refractivity contribution in [2.45, 2.75) is 52.0 Å². The number of piperidine rings is 2. The monoisotopic (exact) mass is 376 g/mol. The molecule has 0 aromatic carbocycles. The van der Waals surface area contributed by atoms with Gasteiger partial charge < -0.3 is 9.80 Å².